The topological polar surface area (TPSA) is 132 Å². The Morgan fingerprint density at radius 3 is 2.67 bits per heavy atom. The maximum atomic E-state index is 11.0. The number of carbonyl (C=O) groups excluding carboxylic acids is 1. The molecule has 2 heterocycles. The van der Waals surface area contributed by atoms with Gasteiger partial charge in [-0.05, 0) is 25.7 Å². The first-order valence-electron chi connectivity index (χ1n) is 7.01. The number of rotatable bonds is 6. The van der Waals surface area contributed by atoms with Crippen LogP contribution in [0.5, 0.6) is 6.01 Å². The first-order chi connectivity index (χ1) is 10.1. The molecular weight excluding hydrogens is 274 g/mol. The van der Waals surface area contributed by atoms with E-state index in [0.29, 0.717) is 24.9 Å². The molecule has 0 unspecified atom stereocenters. The van der Waals surface area contributed by atoms with Gasteiger partial charge in [0.25, 0.3) is 0 Å². The van der Waals surface area contributed by atoms with Gasteiger partial charge < -0.3 is 15.4 Å². The van der Waals surface area contributed by atoms with E-state index in [1.165, 1.54) is 0 Å². The first kappa shape index (κ1) is 15.2. The molecule has 1 amide bonds. The van der Waals surface area contributed by atoms with Crippen LogP contribution in [0.3, 0.4) is 0 Å². The molecule has 9 nitrogen and oxygen atoms in total. The number of carbonyl (C=O) groups is 1. The Bertz CT molecular complexity index is 488. The van der Waals surface area contributed by atoms with E-state index in [9.17, 15) is 4.79 Å². The molecule has 0 aromatic carbocycles. The van der Waals surface area contributed by atoms with Crippen LogP contribution >= 0.6 is 0 Å². The third kappa shape index (κ3) is 4.15. The van der Waals surface area contributed by atoms with Gasteiger partial charge in [0.1, 0.15) is 0 Å². The number of hydrogen-bond donors (Lipinski definition) is 3. The van der Waals surface area contributed by atoms with E-state index >= 15 is 0 Å². The number of anilines is 2. The fraction of sp³-hybridized carbons (Fsp3) is 0.667. The Kier molecular flexibility index (Phi) is 5.09. The summed E-state index contributed by atoms with van der Waals surface area (Å²) in [7, 11) is 0. The van der Waals surface area contributed by atoms with Crippen molar-refractivity contribution in [3.8, 4) is 6.01 Å². The molecule has 1 aromatic heterocycles. The third-order valence-electron chi connectivity index (χ3n) is 3.39. The van der Waals surface area contributed by atoms with Gasteiger partial charge in [-0.1, -0.05) is 0 Å². The number of hydrogen-bond acceptors (Lipinski definition) is 8. The fourth-order valence-corrected chi connectivity index (χ4v) is 2.37. The smallest absolute Gasteiger partial charge is 0.323 e. The van der Waals surface area contributed by atoms with E-state index < -0.39 is 0 Å². The lowest BCUT2D eigenvalue weighted by Gasteiger charge is -2.31. The SMILES string of the molecule is CCOc1nc(NN)nc(N2CCC(CC(N)=O)CC2)n1. The summed E-state index contributed by atoms with van der Waals surface area (Å²) in [6.45, 7) is 3.84. The van der Waals surface area contributed by atoms with Crippen molar-refractivity contribution in [3.05, 3.63) is 0 Å². The molecule has 0 spiro atoms. The summed E-state index contributed by atoms with van der Waals surface area (Å²) < 4.78 is 5.31. The Morgan fingerprint density at radius 1 is 1.38 bits per heavy atom. The van der Waals surface area contributed by atoms with Crippen molar-refractivity contribution in [1.29, 1.82) is 0 Å². The molecule has 1 fully saturated rings. The van der Waals surface area contributed by atoms with E-state index in [1.54, 1.807) is 0 Å². The highest BCUT2D eigenvalue weighted by atomic mass is 16.5. The molecule has 21 heavy (non-hydrogen) atoms. The number of amides is 1. The molecule has 5 N–H and O–H groups in total. The minimum Gasteiger partial charge on any atom is -0.464 e. The molecule has 0 bridgehead atoms. The van der Waals surface area contributed by atoms with Crippen molar-refractivity contribution < 1.29 is 9.53 Å². The molecule has 0 saturated carbocycles. The van der Waals surface area contributed by atoms with Crippen molar-refractivity contribution in [2.24, 2.45) is 17.5 Å². The number of aromatic nitrogens is 3. The van der Waals surface area contributed by atoms with E-state index in [-0.39, 0.29) is 17.9 Å². The second kappa shape index (κ2) is 7.02. The number of nitrogens with one attached hydrogen (secondary N) is 1. The van der Waals surface area contributed by atoms with Crippen molar-refractivity contribution in [1.82, 2.24) is 15.0 Å². The van der Waals surface area contributed by atoms with Crippen LogP contribution in [-0.2, 0) is 4.79 Å². The molecule has 1 saturated heterocycles. The van der Waals surface area contributed by atoms with Crippen LogP contribution in [0.25, 0.3) is 0 Å². The first-order valence-corrected chi connectivity index (χ1v) is 7.01. The second-order valence-electron chi connectivity index (χ2n) is 4.92. The van der Waals surface area contributed by atoms with Crippen LogP contribution < -0.4 is 26.6 Å². The third-order valence-corrected chi connectivity index (χ3v) is 3.39. The van der Waals surface area contributed by atoms with Crippen molar-refractivity contribution >= 4 is 17.8 Å². The molecule has 116 valence electrons. The Hall–Kier alpha value is -2.16. The summed E-state index contributed by atoms with van der Waals surface area (Å²) in [4.78, 5) is 25.5. The van der Waals surface area contributed by atoms with Gasteiger partial charge in [-0.25, -0.2) is 5.84 Å². The zero-order valence-electron chi connectivity index (χ0n) is 12.1. The highest BCUT2D eigenvalue weighted by molar-refractivity contribution is 5.74. The van der Waals surface area contributed by atoms with Crippen LogP contribution in [0.4, 0.5) is 11.9 Å². The minimum absolute atomic E-state index is 0.245. The lowest BCUT2D eigenvalue weighted by molar-refractivity contribution is -0.119. The van der Waals surface area contributed by atoms with Crippen molar-refractivity contribution in [2.75, 3.05) is 30.0 Å². The molecule has 9 heteroatoms. The Labute approximate surface area is 123 Å². The zero-order valence-corrected chi connectivity index (χ0v) is 12.1. The molecule has 2 rings (SSSR count). The van der Waals surface area contributed by atoms with Gasteiger partial charge in [-0.2, -0.15) is 15.0 Å². The Balaban J connectivity index is 2.05. The molecule has 1 aliphatic rings. The van der Waals surface area contributed by atoms with E-state index in [2.05, 4.69) is 20.4 Å². The van der Waals surface area contributed by atoms with Crippen LogP contribution in [0, 0.1) is 5.92 Å². The predicted molar refractivity (Wildman–Crippen MR) is 77.6 cm³/mol. The summed E-state index contributed by atoms with van der Waals surface area (Å²) in [5.74, 6) is 6.24. The number of nitrogens with zero attached hydrogens (tertiary/aromatic N) is 4. The van der Waals surface area contributed by atoms with Crippen LogP contribution in [0.2, 0.25) is 0 Å². The zero-order chi connectivity index (χ0) is 15.2. The average molecular weight is 295 g/mol. The van der Waals surface area contributed by atoms with Crippen molar-refractivity contribution in [2.45, 2.75) is 26.2 Å². The van der Waals surface area contributed by atoms with E-state index in [1.807, 2.05) is 11.8 Å². The summed E-state index contributed by atoms with van der Waals surface area (Å²) in [6.07, 6.45) is 2.19. The quantitative estimate of drug-likeness (QED) is 0.479. The second-order valence-corrected chi connectivity index (χ2v) is 4.92. The highest BCUT2D eigenvalue weighted by Crippen LogP contribution is 2.24. The lowest BCUT2D eigenvalue weighted by atomic mass is 9.93. The van der Waals surface area contributed by atoms with Gasteiger partial charge in [-0.3, -0.25) is 10.2 Å². The number of ether oxygens (including phenoxy) is 1. The largest absolute Gasteiger partial charge is 0.464 e. The van der Waals surface area contributed by atoms with Crippen molar-refractivity contribution in [3.63, 3.8) is 0 Å². The fourth-order valence-electron chi connectivity index (χ4n) is 2.37. The Morgan fingerprint density at radius 2 is 2.10 bits per heavy atom. The van der Waals surface area contributed by atoms with Crippen LogP contribution in [0.1, 0.15) is 26.2 Å². The van der Waals surface area contributed by atoms with E-state index in [0.717, 1.165) is 25.9 Å². The van der Waals surface area contributed by atoms with Gasteiger partial charge in [0.05, 0.1) is 6.61 Å². The number of piperidine rings is 1. The van der Waals surface area contributed by atoms with Gasteiger partial charge >= 0.3 is 6.01 Å². The standard InChI is InChI=1S/C12H21N7O2/c1-2-21-12-16-10(18-14)15-11(17-12)19-5-3-8(4-6-19)7-9(13)20/h8H,2-7,14H2,1H3,(H2,13,20)(H,15,16,17,18). The monoisotopic (exact) mass is 295 g/mol. The molecule has 1 aliphatic heterocycles. The van der Waals surface area contributed by atoms with Gasteiger partial charge in [-0.15, -0.1) is 0 Å². The predicted octanol–water partition coefficient (Wildman–Crippen LogP) is -0.352. The number of primary amides is 1. The average Bonchev–Trinajstić information content (AvgIpc) is 2.47. The molecular formula is C12H21N7O2. The number of nitrogen functional groups attached to an aromatic ring is 1. The summed E-state index contributed by atoms with van der Waals surface area (Å²) in [6, 6.07) is 0.245. The maximum Gasteiger partial charge on any atom is 0.323 e. The molecule has 0 radical (unpaired) electrons. The number of nitrogens with two attached hydrogens (primary N) is 2. The summed E-state index contributed by atoms with van der Waals surface area (Å²) in [5.41, 5.74) is 7.65. The van der Waals surface area contributed by atoms with E-state index in [4.69, 9.17) is 16.3 Å². The summed E-state index contributed by atoms with van der Waals surface area (Å²) in [5, 5.41) is 0. The van der Waals surface area contributed by atoms with Crippen LogP contribution in [-0.4, -0.2) is 40.6 Å². The van der Waals surface area contributed by atoms with Gasteiger partial charge in [0.2, 0.25) is 17.8 Å². The van der Waals surface area contributed by atoms with Gasteiger partial charge in [0, 0.05) is 19.5 Å². The minimum atomic E-state index is -0.248. The van der Waals surface area contributed by atoms with Crippen LogP contribution in [0.15, 0.2) is 0 Å². The highest BCUT2D eigenvalue weighted by Gasteiger charge is 2.23. The molecule has 0 atom stereocenters. The molecule has 1 aromatic rings. The maximum absolute atomic E-state index is 11.0. The summed E-state index contributed by atoms with van der Waals surface area (Å²) >= 11 is 0. The van der Waals surface area contributed by atoms with Gasteiger partial charge in [0.15, 0.2) is 0 Å². The lowest BCUT2D eigenvalue weighted by Crippen LogP contribution is -2.36. The molecule has 0 aliphatic carbocycles. The number of hydrazine groups is 1. The normalized spacial score (nSPS) is 15.8.